The molecule has 0 fully saturated rings. The number of hydrogen-bond donors (Lipinski definition) is 3. The first-order chi connectivity index (χ1) is 15.0. The van der Waals surface area contributed by atoms with Crippen LogP contribution in [0.2, 0.25) is 0 Å². The minimum Gasteiger partial charge on any atom is -0.496 e. The monoisotopic (exact) mass is 427 g/mol. The Morgan fingerprint density at radius 1 is 1.13 bits per heavy atom. The van der Waals surface area contributed by atoms with Gasteiger partial charge in [-0.15, -0.1) is 0 Å². The van der Waals surface area contributed by atoms with Gasteiger partial charge in [-0.25, -0.2) is 8.78 Å². The van der Waals surface area contributed by atoms with Crippen LogP contribution in [-0.4, -0.2) is 45.0 Å². The Bertz CT molecular complexity index is 1230. The summed E-state index contributed by atoms with van der Waals surface area (Å²) < 4.78 is 38.1. The number of halogens is 2. The van der Waals surface area contributed by atoms with Gasteiger partial charge in [-0.2, -0.15) is 15.1 Å². The number of benzene rings is 2. The third kappa shape index (κ3) is 4.24. The smallest absolute Gasteiger partial charge is 0.326 e. The quantitative estimate of drug-likeness (QED) is 0.411. The number of fused-ring (bicyclic) bond motifs is 1. The van der Waals surface area contributed by atoms with Crippen LogP contribution in [0.15, 0.2) is 42.5 Å². The SMILES string of the molecule is COc1ccccc1-c1[nH]nc2nc(Oc3ccc(F)cc3F)nc(NC[C@H](C)O)c12. The van der Waals surface area contributed by atoms with Crippen molar-refractivity contribution < 1.29 is 23.4 Å². The molecule has 2 heterocycles. The van der Waals surface area contributed by atoms with Gasteiger partial charge in [0, 0.05) is 18.2 Å². The summed E-state index contributed by atoms with van der Waals surface area (Å²) in [6, 6.07) is 10.1. The molecule has 2 aromatic heterocycles. The molecule has 4 rings (SSSR count). The largest absolute Gasteiger partial charge is 0.496 e. The summed E-state index contributed by atoms with van der Waals surface area (Å²) >= 11 is 0. The number of para-hydroxylation sites is 1. The van der Waals surface area contributed by atoms with E-state index >= 15 is 0 Å². The van der Waals surface area contributed by atoms with Gasteiger partial charge in [-0.3, -0.25) is 5.10 Å². The van der Waals surface area contributed by atoms with Gasteiger partial charge in [0.25, 0.3) is 0 Å². The maximum absolute atomic E-state index is 14.0. The fraction of sp³-hybridized carbons (Fsp3) is 0.190. The van der Waals surface area contributed by atoms with Crippen molar-refractivity contribution in [2.24, 2.45) is 0 Å². The van der Waals surface area contributed by atoms with Crippen molar-refractivity contribution in [3.8, 4) is 28.8 Å². The number of aliphatic hydroxyl groups excluding tert-OH is 1. The average Bonchev–Trinajstić information content (AvgIpc) is 3.18. The Labute approximate surface area is 175 Å². The highest BCUT2D eigenvalue weighted by Crippen LogP contribution is 2.37. The topological polar surface area (TPSA) is 105 Å². The number of H-pyrrole nitrogens is 1. The van der Waals surface area contributed by atoms with Gasteiger partial charge in [0.05, 0.1) is 24.3 Å². The highest BCUT2D eigenvalue weighted by Gasteiger charge is 2.20. The summed E-state index contributed by atoms with van der Waals surface area (Å²) in [5.74, 6) is -0.919. The van der Waals surface area contributed by atoms with Crippen LogP contribution in [0, 0.1) is 11.6 Å². The third-order valence-corrected chi connectivity index (χ3v) is 4.43. The van der Waals surface area contributed by atoms with E-state index in [1.807, 2.05) is 18.2 Å². The summed E-state index contributed by atoms with van der Waals surface area (Å²) in [5, 5.41) is 20.4. The van der Waals surface area contributed by atoms with E-state index in [1.165, 1.54) is 0 Å². The summed E-state index contributed by atoms with van der Waals surface area (Å²) in [7, 11) is 1.56. The van der Waals surface area contributed by atoms with E-state index in [4.69, 9.17) is 9.47 Å². The number of ether oxygens (including phenoxy) is 2. The van der Waals surface area contributed by atoms with Crippen molar-refractivity contribution in [1.82, 2.24) is 20.2 Å². The fourth-order valence-electron chi connectivity index (χ4n) is 3.03. The van der Waals surface area contributed by atoms with Crippen LogP contribution < -0.4 is 14.8 Å². The van der Waals surface area contributed by atoms with Gasteiger partial charge >= 0.3 is 6.01 Å². The molecular weight excluding hydrogens is 408 g/mol. The molecule has 31 heavy (non-hydrogen) atoms. The van der Waals surface area contributed by atoms with Crippen molar-refractivity contribution in [2.45, 2.75) is 13.0 Å². The van der Waals surface area contributed by atoms with Crippen molar-refractivity contribution in [1.29, 1.82) is 0 Å². The van der Waals surface area contributed by atoms with Gasteiger partial charge < -0.3 is 19.9 Å². The highest BCUT2D eigenvalue weighted by atomic mass is 19.1. The number of aromatic nitrogens is 4. The Kier molecular flexibility index (Phi) is 5.63. The molecule has 2 aromatic carbocycles. The fourth-order valence-corrected chi connectivity index (χ4v) is 3.03. The van der Waals surface area contributed by atoms with Crippen molar-refractivity contribution in [3.05, 3.63) is 54.1 Å². The second-order valence-corrected chi connectivity index (χ2v) is 6.76. The zero-order valence-corrected chi connectivity index (χ0v) is 16.7. The molecule has 0 aliphatic carbocycles. The number of nitrogens with one attached hydrogen (secondary N) is 2. The van der Waals surface area contributed by atoms with Gasteiger partial charge in [0.15, 0.2) is 17.2 Å². The summed E-state index contributed by atoms with van der Waals surface area (Å²) in [6.07, 6.45) is -0.662. The molecule has 0 aliphatic heterocycles. The lowest BCUT2D eigenvalue weighted by Crippen LogP contribution is -2.16. The van der Waals surface area contributed by atoms with Crippen LogP contribution >= 0.6 is 0 Å². The highest BCUT2D eigenvalue weighted by molar-refractivity contribution is 6.00. The molecule has 0 amide bonds. The lowest BCUT2D eigenvalue weighted by molar-refractivity contribution is 0.208. The molecule has 4 aromatic rings. The van der Waals surface area contributed by atoms with E-state index in [0.717, 1.165) is 17.7 Å². The maximum atomic E-state index is 14.0. The van der Waals surface area contributed by atoms with Crippen LogP contribution in [-0.2, 0) is 0 Å². The molecule has 0 bridgehead atoms. The second-order valence-electron chi connectivity index (χ2n) is 6.76. The molecule has 0 saturated carbocycles. The number of methoxy groups -OCH3 is 1. The number of rotatable bonds is 7. The van der Waals surface area contributed by atoms with Crippen molar-refractivity contribution >= 4 is 16.9 Å². The van der Waals surface area contributed by atoms with Crippen LogP contribution in [0.4, 0.5) is 14.6 Å². The van der Waals surface area contributed by atoms with Crippen molar-refractivity contribution in [2.75, 3.05) is 19.0 Å². The lowest BCUT2D eigenvalue weighted by atomic mass is 10.1. The minimum absolute atomic E-state index is 0.188. The summed E-state index contributed by atoms with van der Waals surface area (Å²) in [5.41, 5.74) is 1.58. The summed E-state index contributed by atoms with van der Waals surface area (Å²) in [6.45, 7) is 1.81. The normalized spacial score (nSPS) is 12.0. The van der Waals surface area contributed by atoms with Crippen LogP contribution in [0.25, 0.3) is 22.3 Å². The molecule has 0 radical (unpaired) electrons. The molecule has 160 valence electrons. The van der Waals surface area contributed by atoms with E-state index in [2.05, 4.69) is 25.5 Å². The third-order valence-electron chi connectivity index (χ3n) is 4.43. The van der Waals surface area contributed by atoms with Gasteiger partial charge in [0.2, 0.25) is 0 Å². The first kappa shape index (κ1) is 20.5. The molecule has 0 aliphatic rings. The number of nitrogens with zero attached hydrogens (tertiary/aromatic N) is 3. The Morgan fingerprint density at radius 3 is 2.68 bits per heavy atom. The molecular formula is C21H19F2N5O3. The van der Waals surface area contributed by atoms with Gasteiger partial charge in [-0.1, -0.05) is 12.1 Å². The van der Waals surface area contributed by atoms with E-state index in [0.29, 0.717) is 28.7 Å². The Hall–Kier alpha value is -3.79. The summed E-state index contributed by atoms with van der Waals surface area (Å²) in [4.78, 5) is 8.57. The molecule has 1 atom stereocenters. The first-order valence-electron chi connectivity index (χ1n) is 9.40. The van der Waals surface area contributed by atoms with Crippen LogP contribution in [0.1, 0.15) is 6.92 Å². The van der Waals surface area contributed by atoms with E-state index in [-0.39, 0.29) is 24.0 Å². The van der Waals surface area contributed by atoms with Crippen LogP contribution in [0.5, 0.6) is 17.5 Å². The number of hydrogen-bond acceptors (Lipinski definition) is 7. The molecule has 3 N–H and O–H groups in total. The van der Waals surface area contributed by atoms with E-state index in [9.17, 15) is 13.9 Å². The standard InChI is InChI=1S/C21H19F2N5O3/c1-11(29)10-24-19-17-18(13-5-3-4-6-15(13)30-2)27-28-20(17)26-21(25-19)31-16-8-7-12(22)9-14(16)23/h3-9,11,29H,10H2,1-2H3,(H2,24,25,26,27,28)/t11-/m0/s1. The predicted molar refractivity (Wildman–Crippen MR) is 110 cm³/mol. The van der Waals surface area contributed by atoms with Gasteiger partial charge in [-0.05, 0) is 31.2 Å². The van der Waals surface area contributed by atoms with Crippen molar-refractivity contribution in [3.63, 3.8) is 0 Å². The van der Waals surface area contributed by atoms with Gasteiger partial charge in [0.1, 0.15) is 17.4 Å². The molecule has 0 spiro atoms. The van der Waals surface area contributed by atoms with E-state index in [1.54, 1.807) is 20.1 Å². The molecule has 8 nitrogen and oxygen atoms in total. The van der Waals surface area contributed by atoms with E-state index < -0.39 is 17.7 Å². The zero-order chi connectivity index (χ0) is 22.0. The molecule has 0 saturated heterocycles. The minimum atomic E-state index is -0.890. The lowest BCUT2D eigenvalue weighted by Gasteiger charge is -2.12. The van der Waals surface area contributed by atoms with Crippen LogP contribution in [0.3, 0.4) is 0 Å². The predicted octanol–water partition coefficient (Wildman–Crippen LogP) is 3.89. The first-order valence-corrected chi connectivity index (χ1v) is 9.40. The Balaban J connectivity index is 1.82. The number of aromatic amines is 1. The maximum Gasteiger partial charge on any atom is 0.326 e. The Morgan fingerprint density at radius 2 is 1.94 bits per heavy atom. The molecule has 0 unspecified atom stereocenters. The number of anilines is 1. The number of aliphatic hydroxyl groups is 1. The zero-order valence-electron chi connectivity index (χ0n) is 16.7. The second kappa shape index (κ2) is 8.52. The average molecular weight is 427 g/mol. The molecule has 10 heteroatoms.